The summed E-state index contributed by atoms with van der Waals surface area (Å²) in [5.41, 5.74) is 1.65. The number of benzene rings is 4. The third-order valence-electron chi connectivity index (χ3n) is 4.58. The van der Waals surface area contributed by atoms with E-state index >= 15 is 0 Å². The molecule has 0 amide bonds. The molecule has 0 aromatic heterocycles. The summed E-state index contributed by atoms with van der Waals surface area (Å²) in [5.74, 6) is 0.236. The Morgan fingerprint density at radius 2 is 1.13 bits per heavy atom. The molecule has 1 N–H and O–H groups in total. The maximum atomic E-state index is 10.0. The average Bonchev–Trinajstić information content (AvgIpc) is 2.76. The monoisotopic (exact) mass is 503 g/mol. The first-order chi connectivity index (χ1) is 13.8. The van der Waals surface area contributed by atoms with Crippen LogP contribution in [0, 0.1) is 7.43 Å². The van der Waals surface area contributed by atoms with Gasteiger partial charge in [0, 0.05) is 32.2 Å². The van der Waals surface area contributed by atoms with Crippen LogP contribution in [0.5, 0.6) is 5.75 Å². The minimum atomic E-state index is -1.20. The molecule has 0 heterocycles. The van der Waals surface area contributed by atoms with Crippen molar-refractivity contribution in [2.45, 2.75) is 0 Å². The minimum absolute atomic E-state index is 0. The molecule has 2 nitrogen and oxygen atoms in total. The Bertz CT molecular complexity index is 1040. The van der Waals surface area contributed by atoms with Gasteiger partial charge in [0.1, 0.15) is 35.3 Å². The molecule has 0 bridgehead atoms. The van der Waals surface area contributed by atoms with Crippen LogP contribution in [0.1, 0.15) is 5.56 Å². The van der Waals surface area contributed by atoms with Gasteiger partial charge in [-0.3, -0.25) is 4.99 Å². The predicted molar refractivity (Wildman–Crippen MR) is 128 cm³/mol. The summed E-state index contributed by atoms with van der Waals surface area (Å²) in [6.45, 7) is 0. The molecule has 0 atom stereocenters. The van der Waals surface area contributed by atoms with E-state index in [0.717, 1.165) is 5.69 Å². The number of hydrogen-bond donors (Lipinski definition) is 1. The third-order valence-corrected chi connectivity index (χ3v) is 7.36. The number of hydrogen-bond acceptors (Lipinski definition) is 2. The van der Waals surface area contributed by atoms with Crippen molar-refractivity contribution in [2.75, 3.05) is 0 Å². The Morgan fingerprint density at radius 1 is 0.633 bits per heavy atom. The molecule has 0 radical (unpaired) electrons. The van der Waals surface area contributed by atoms with Gasteiger partial charge in [-0.1, -0.05) is 60.7 Å². The summed E-state index contributed by atoms with van der Waals surface area (Å²) < 4.78 is 0. The fraction of sp³-hybridized carbons (Fsp3) is 0. The molecule has 154 valence electrons. The van der Waals surface area contributed by atoms with E-state index in [1.54, 1.807) is 12.3 Å². The Morgan fingerprint density at radius 3 is 1.73 bits per heavy atom. The minimum Gasteiger partial charge on any atom is -0.507 e. The van der Waals surface area contributed by atoms with Crippen molar-refractivity contribution in [3.8, 4) is 5.75 Å². The summed E-state index contributed by atoms with van der Waals surface area (Å²) in [4.78, 5) is 4.75. The van der Waals surface area contributed by atoms with Crippen LogP contribution in [0.25, 0.3) is 0 Å². The van der Waals surface area contributed by atoms with Crippen LogP contribution in [0.3, 0.4) is 0 Å². The van der Waals surface area contributed by atoms with Crippen LogP contribution < -0.4 is 15.9 Å². The fourth-order valence-electron chi connectivity index (χ4n) is 3.22. The smallest absolute Gasteiger partial charge is 0.127 e. The summed E-state index contributed by atoms with van der Waals surface area (Å²) in [5, 5.41) is 13.9. The number of phenols is 1. The van der Waals surface area contributed by atoms with E-state index in [-0.39, 0.29) is 33.6 Å². The molecule has 4 heteroatoms. The van der Waals surface area contributed by atoms with Crippen LogP contribution in [0.15, 0.2) is 114 Å². The molecular weight excluding hydrogens is 480 g/mol. The molecule has 0 aliphatic rings. The number of rotatable bonds is 5. The van der Waals surface area contributed by atoms with Crippen molar-refractivity contribution in [1.29, 1.82) is 0 Å². The molecule has 0 spiro atoms. The molecular formula is C26H24NOPPd. The van der Waals surface area contributed by atoms with E-state index in [4.69, 9.17) is 4.99 Å². The van der Waals surface area contributed by atoms with E-state index in [0.29, 0.717) is 5.56 Å². The van der Waals surface area contributed by atoms with Crippen LogP contribution in [-0.4, -0.2) is 11.3 Å². The first kappa shape index (κ1) is 23.7. The van der Waals surface area contributed by atoms with E-state index in [1.807, 2.05) is 30.3 Å². The van der Waals surface area contributed by atoms with Crippen molar-refractivity contribution < 1.29 is 25.5 Å². The zero-order valence-corrected chi connectivity index (χ0v) is 19.2. The second-order valence-corrected chi connectivity index (χ2v) is 8.88. The largest absolute Gasteiger partial charge is 0.507 e. The summed E-state index contributed by atoms with van der Waals surface area (Å²) in [7, 11) is -1.20. The third kappa shape index (κ3) is 5.53. The van der Waals surface area contributed by atoms with E-state index in [2.05, 4.69) is 72.8 Å². The van der Waals surface area contributed by atoms with E-state index in [9.17, 15) is 5.11 Å². The molecule has 0 aliphatic heterocycles. The Hall–Kier alpha value is -2.56. The standard InChI is InChI=1S/C25H20NOP.CH3.Pd/c27-24-17-9-7-11-20(24)19-26-23-16-8-10-18-25(23)28(21-12-3-1-4-13-21)22-14-5-2-6-15-22;;/h1-19,27H;1H3;/q;-1;/p+1. The number of aliphatic imine (C=N–C) groups is 1. The molecule has 0 fully saturated rings. The molecule has 0 aliphatic carbocycles. The summed E-state index contributed by atoms with van der Waals surface area (Å²) in [6, 6.07) is 36.8. The maximum absolute atomic E-state index is 10.0. The Balaban J connectivity index is 0.00000160. The van der Waals surface area contributed by atoms with Gasteiger partial charge in [0.2, 0.25) is 0 Å². The first-order valence-electron chi connectivity index (χ1n) is 9.22. The van der Waals surface area contributed by atoms with Gasteiger partial charge in [-0.25, -0.2) is 0 Å². The summed E-state index contributed by atoms with van der Waals surface area (Å²) in [6.07, 6.45) is 1.74. The normalized spacial score (nSPS) is 10.4. The predicted octanol–water partition coefficient (Wildman–Crippen LogP) is 5.08. The quantitative estimate of drug-likeness (QED) is 0.175. The molecule has 4 aromatic carbocycles. The maximum Gasteiger partial charge on any atom is 0.127 e. The van der Waals surface area contributed by atoms with Gasteiger partial charge in [0.05, 0.1) is 0 Å². The van der Waals surface area contributed by atoms with Gasteiger partial charge in [-0.2, -0.15) is 0 Å². The molecule has 30 heavy (non-hydrogen) atoms. The van der Waals surface area contributed by atoms with Gasteiger partial charge < -0.3 is 12.5 Å². The fourth-order valence-corrected chi connectivity index (χ4v) is 5.89. The zero-order chi connectivity index (χ0) is 19.2. The Kier molecular flexibility index (Phi) is 9.16. The van der Waals surface area contributed by atoms with Crippen molar-refractivity contribution in [2.24, 2.45) is 4.99 Å². The number of aromatic hydroxyl groups is 1. The van der Waals surface area contributed by atoms with Crippen LogP contribution in [0.2, 0.25) is 0 Å². The Labute approximate surface area is 193 Å². The van der Waals surface area contributed by atoms with Crippen molar-refractivity contribution in [3.63, 3.8) is 0 Å². The van der Waals surface area contributed by atoms with Crippen LogP contribution in [0.4, 0.5) is 5.69 Å². The molecule has 0 unspecified atom stereocenters. The average molecular weight is 504 g/mol. The topological polar surface area (TPSA) is 32.6 Å². The molecule has 4 aromatic rings. The second-order valence-electron chi connectivity index (χ2n) is 6.44. The number of para-hydroxylation sites is 2. The number of nitrogens with zero attached hydrogens (tertiary/aromatic N) is 1. The van der Waals surface area contributed by atoms with Gasteiger partial charge in [0.15, 0.2) is 0 Å². The van der Waals surface area contributed by atoms with Gasteiger partial charge in [-0.15, -0.1) is 0 Å². The van der Waals surface area contributed by atoms with Crippen molar-refractivity contribution in [1.82, 2.24) is 0 Å². The van der Waals surface area contributed by atoms with Gasteiger partial charge in [0.25, 0.3) is 0 Å². The van der Waals surface area contributed by atoms with Gasteiger partial charge >= 0.3 is 0 Å². The second kappa shape index (κ2) is 11.6. The number of phenolic OH excluding ortho intramolecular Hbond substituents is 1. The SMILES string of the molecule is Oc1ccccc1C=Nc1ccccc1[PH+](c1ccccc1)c1ccccc1.[CH3-].[Pd]. The first-order valence-corrected chi connectivity index (χ1v) is 10.7. The molecule has 4 rings (SSSR count). The molecule has 0 saturated heterocycles. The van der Waals surface area contributed by atoms with E-state index < -0.39 is 7.92 Å². The molecule has 0 saturated carbocycles. The van der Waals surface area contributed by atoms with Gasteiger partial charge in [-0.05, 0) is 48.5 Å². The van der Waals surface area contributed by atoms with Crippen molar-refractivity contribution in [3.05, 3.63) is 122 Å². The van der Waals surface area contributed by atoms with Crippen LogP contribution >= 0.6 is 7.92 Å². The summed E-state index contributed by atoms with van der Waals surface area (Å²) >= 11 is 0. The van der Waals surface area contributed by atoms with Crippen LogP contribution in [-0.2, 0) is 20.4 Å². The van der Waals surface area contributed by atoms with Crippen molar-refractivity contribution >= 4 is 35.7 Å². The zero-order valence-electron chi connectivity index (χ0n) is 16.7. The van der Waals surface area contributed by atoms with E-state index in [1.165, 1.54) is 15.9 Å².